The van der Waals surface area contributed by atoms with Crippen LogP contribution in [0.5, 0.6) is 5.75 Å². The Morgan fingerprint density at radius 2 is 1.63 bits per heavy atom. The molecule has 4 aromatic rings. The lowest BCUT2D eigenvalue weighted by Crippen LogP contribution is -2.33. The van der Waals surface area contributed by atoms with Gasteiger partial charge in [0.25, 0.3) is 0 Å². The van der Waals surface area contributed by atoms with Gasteiger partial charge in [0.2, 0.25) is 5.89 Å². The van der Waals surface area contributed by atoms with Gasteiger partial charge in [-0.05, 0) is 74.1 Å². The first-order valence-electron chi connectivity index (χ1n) is 14.5. The SMILES string of the molecule is CCOC(=O)C1=C(CCc2ccc(OCCc3nc(-c4ccccc4)oc3C)cc2)CN(Cc2ccccc2)CC1. The number of rotatable bonds is 12. The van der Waals surface area contributed by atoms with E-state index in [1.54, 1.807) is 0 Å². The molecule has 0 radical (unpaired) electrons. The van der Waals surface area contributed by atoms with Crippen LogP contribution < -0.4 is 4.74 Å². The van der Waals surface area contributed by atoms with E-state index in [1.807, 2.05) is 62.4 Å². The van der Waals surface area contributed by atoms with Crippen molar-refractivity contribution in [2.75, 3.05) is 26.3 Å². The first-order valence-corrected chi connectivity index (χ1v) is 14.5. The summed E-state index contributed by atoms with van der Waals surface area (Å²) in [5.74, 6) is 2.13. The zero-order valence-electron chi connectivity index (χ0n) is 24.0. The van der Waals surface area contributed by atoms with Gasteiger partial charge in [0.15, 0.2) is 0 Å². The average molecular weight is 551 g/mol. The molecule has 2 heterocycles. The van der Waals surface area contributed by atoms with Crippen LogP contribution in [-0.2, 0) is 28.9 Å². The van der Waals surface area contributed by atoms with Crippen LogP contribution >= 0.6 is 0 Å². The number of benzene rings is 3. The average Bonchev–Trinajstić information content (AvgIpc) is 3.38. The molecule has 0 bridgehead atoms. The highest BCUT2D eigenvalue weighted by Crippen LogP contribution is 2.26. The fraction of sp³-hybridized carbons (Fsp3) is 0.314. The van der Waals surface area contributed by atoms with Gasteiger partial charge in [0, 0.05) is 37.2 Å². The van der Waals surface area contributed by atoms with E-state index < -0.39 is 0 Å². The van der Waals surface area contributed by atoms with Crippen molar-refractivity contribution in [2.24, 2.45) is 0 Å². The fourth-order valence-corrected chi connectivity index (χ4v) is 5.24. The van der Waals surface area contributed by atoms with E-state index in [4.69, 9.17) is 13.9 Å². The lowest BCUT2D eigenvalue weighted by molar-refractivity contribution is -0.139. The van der Waals surface area contributed by atoms with Crippen LogP contribution in [-0.4, -0.2) is 42.2 Å². The maximum Gasteiger partial charge on any atom is 0.334 e. The number of hydrogen-bond donors (Lipinski definition) is 0. The second-order valence-corrected chi connectivity index (χ2v) is 10.4. The van der Waals surface area contributed by atoms with Crippen LogP contribution in [0, 0.1) is 6.92 Å². The summed E-state index contributed by atoms with van der Waals surface area (Å²) in [4.78, 5) is 19.8. The number of oxazole rings is 1. The number of esters is 1. The van der Waals surface area contributed by atoms with Crippen molar-refractivity contribution in [1.82, 2.24) is 9.88 Å². The third-order valence-electron chi connectivity index (χ3n) is 7.45. The Hall–Kier alpha value is -4.16. The molecule has 212 valence electrons. The smallest absolute Gasteiger partial charge is 0.334 e. The molecular formula is C35H38N2O4. The number of aromatic nitrogens is 1. The summed E-state index contributed by atoms with van der Waals surface area (Å²) < 4.78 is 17.3. The van der Waals surface area contributed by atoms with E-state index in [1.165, 1.54) is 16.7 Å². The van der Waals surface area contributed by atoms with Crippen LogP contribution in [0.15, 0.2) is 100 Å². The molecule has 0 saturated carbocycles. The van der Waals surface area contributed by atoms with E-state index in [9.17, 15) is 4.79 Å². The largest absolute Gasteiger partial charge is 0.493 e. The van der Waals surface area contributed by atoms with Crippen LogP contribution in [0.1, 0.15) is 42.3 Å². The second-order valence-electron chi connectivity index (χ2n) is 10.4. The Balaban J connectivity index is 1.15. The minimum Gasteiger partial charge on any atom is -0.493 e. The van der Waals surface area contributed by atoms with Crippen molar-refractivity contribution in [3.8, 4) is 17.2 Å². The Morgan fingerprint density at radius 3 is 2.37 bits per heavy atom. The van der Waals surface area contributed by atoms with Gasteiger partial charge in [0.1, 0.15) is 11.5 Å². The molecule has 0 unspecified atom stereocenters. The van der Waals surface area contributed by atoms with Crippen molar-refractivity contribution in [2.45, 2.75) is 46.1 Å². The van der Waals surface area contributed by atoms with Crippen LogP contribution in [0.2, 0.25) is 0 Å². The summed E-state index contributed by atoms with van der Waals surface area (Å²) in [5, 5.41) is 0. The topological polar surface area (TPSA) is 64.8 Å². The quantitative estimate of drug-likeness (QED) is 0.178. The van der Waals surface area contributed by atoms with Gasteiger partial charge >= 0.3 is 5.97 Å². The highest BCUT2D eigenvalue weighted by Gasteiger charge is 2.24. The van der Waals surface area contributed by atoms with E-state index in [2.05, 4.69) is 46.3 Å². The zero-order chi connectivity index (χ0) is 28.4. The highest BCUT2D eigenvalue weighted by molar-refractivity contribution is 5.89. The van der Waals surface area contributed by atoms with Gasteiger partial charge in [0.05, 0.1) is 18.9 Å². The third kappa shape index (κ3) is 7.74. The molecule has 1 aliphatic heterocycles. The summed E-state index contributed by atoms with van der Waals surface area (Å²) in [7, 11) is 0. The summed E-state index contributed by atoms with van der Waals surface area (Å²) in [5.41, 5.74) is 6.43. The lowest BCUT2D eigenvalue weighted by Gasteiger charge is -2.30. The van der Waals surface area contributed by atoms with Crippen LogP contribution in [0.3, 0.4) is 0 Å². The summed E-state index contributed by atoms with van der Waals surface area (Å²) >= 11 is 0. The summed E-state index contributed by atoms with van der Waals surface area (Å²) in [6, 6.07) is 28.7. The minimum atomic E-state index is -0.163. The number of carbonyl (C=O) groups excluding carboxylic acids is 1. The normalized spacial score (nSPS) is 13.8. The van der Waals surface area contributed by atoms with Crippen molar-refractivity contribution in [3.05, 3.63) is 119 Å². The number of nitrogens with zero attached hydrogens (tertiary/aromatic N) is 2. The number of hydrogen-bond acceptors (Lipinski definition) is 6. The monoisotopic (exact) mass is 550 g/mol. The molecule has 0 atom stereocenters. The zero-order valence-corrected chi connectivity index (χ0v) is 24.0. The Kier molecular flexibility index (Phi) is 9.65. The fourth-order valence-electron chi connectivity index (χ4n) is 5.24. The molecule has 6 nitrogen and oxygen atoms in total. The third-order valence-corrected chi connectivity index (χ3v) is 7.45. The molecule has 0 amide bonds. The Labute approximate surface area is 242 Å². The van der Waals surface area contributed by atoms with Crippen LogP contribution in [0.25, 0.3) is 11.5 Å². The molecule has 41 heavy (non-hydrogen) atoms. The predicted octanol–water partition coefficient (Wildman–Crippen LogP) is 6.97. The molecule has 3 aromatic carbocycles. The van der Waals surface area contributed by atoms with Gasteiger partial charge in [-0.25, -0.2) is 9.78 Å². The van der Waals surface area contributed by atoms with Gasteiger partial charge in [-0.1, -0.05) is 60.7 Å². The molecule has 1 aliphatic rings. The molecule has 0 saturated heterocycles. The Morgan fingerprint density at radius 1 is 0.902 bits per heavy atom. The Bertz CT molecular complexity index is 1440. The van der Waals surface area contributed by atoms with E-state index in [0.29, 0.717) is 25.5 Å². The van der Waals surface area contributed by atoms with Gasteiger partial charge in [-0.15, -0.1) is 0 Å². The molecular weight excluding hydrogens is 512 g/mol. The van der Waals surface area contributed by atoms with Gasteiger partial charge in [-0.2, -0.15) is 0 Å². The standard InChI is InChI=1S/C35H38N2O4/c1-3-39-35(38)32-20-22-37(24-28-10-6-4-7-11-28)25-30(32)17-14-27-15-18-31(19-16-27)40-23-21-33-26(2)41-34(36-33)29-12-8-5-9-13-29/h4-13,15-16,18-19H,3,14,17,20-25H2,1-2H3. The van der Waals surface area contributed by atoms with Gasteiger partial charge < -0.3 is 13.9 Å². The lowest BCUT2D eigenvalue weighted by atomic mass is 9.94. The van der Waals surface area contributed by atoms with E-state index in [0.717, 1.165) is 67.2 Å². The van der Waals surface area contributed by atoms with Crippen molar-refractivity contribution < 1.29 is 18.7 Å². The number of carbonyl (C=O) groups is 1. The first kappa shape index (κ1) is 28.4. The molecule has 5 rings (SSSR count). The van der Waals surface area contributed by atoms with Gasteiger partial charge in [-0.3, -0.25) is 4.90 Å². The second kappa shape index (κ2) is 14.0. The van der Waals surface area contributed by atoms with E-state index >= 15 is 0 Å². The minimum absolute atomic E-state index is 0.163. The van der Waals surface area contributed by atoms with Crippen molar-refractivity contribution in [3.63, 3.8) is 0 Å². The van der Waals surface area contributed by atoms with Crippen molar-refractivity contribution >= 4 is 5.97 Å². The molecule has 1 aromatic heterocycles. The molecule has 0 spiro atoms. The molecule has 0 fully saturated rings. The molecule has 6 heteroatoms. The molecule has 0 N–H and O–H groups in total. The first-order chi connectivity index (χ1) is 20.1. The number of ether oxygens (including phenoxy) is 2. The summed E-state index contributed by atoms with van der Waals surface area (Å²) in [6.07, 6.45) is 3.09. The van der Waals surface area contributed by atoms with E-state index in [-0.39, 0.29) is 5.97 Å². The maximum atomic E-state index is 12.7. The predicted molar refractivity (Wildman–Crippen MR) is 161 cm³/mol. The number of aryl methyl sites for hydroxylation is 2. The van der Waals surface area contributed by atoms with Crippen LogP contribution in [0.4, 0.5) is 0 Å². The molecule has 0 aliphatic carbocycles. The van der Waals surface area contributed by atoms with Crippen molar-refractivity contribution in [1.29, 1.82) is 0 Å². The maximum absolute atomic E-state index is 12.7. The summed E-state index contributed by atoms with van der Waals surface area (Å²) in [6.45, 7) is 7.26. The highest BCUT2D eigenvalue weighted by atomic mass is 16.5.